The van der Waals surface area contributed by atoms with Crippen molar-refractivity contribution >= 4 is 40.8 Å². The molecule has 1 aliphatic heterocycles. The van der Waals surface area contributed by atoms with Crippen molar-refractivity contribution in [2.45, 2.75) is 6.92 Å². The van der Waals surface area contributed by atoms with Crippen LogP contribution in [0.25, 0.3) is 0 Å². The van der Waals surface area contributed by atoms with Crippen molar-refractivity contribution in [1.82, 2.24) is 0 Å². The molecule has 1 heterocycles. The molecule has 0 aliphatic carbocycles. The molecule has 8 nitrogen and oxygen atoms in total. The number of nitrogens with zero attached hydrogens (tertiary/aromatic N) is 1. The highest BCUT2D eigenvalue weighted by atomic mass is 16.5. The van der Waals surface area contributed by atoms with Crippen molar-refractivity contribution < 1.29 is 28.7 Å². The standard InChI is InChI=1S/C25H18N2O6/c1-15(28)16-9-11-18(12-10-16)26-22(29)14-33-25(32)17-5-4-6-19(13-17)27-23(30)20-7-2-3-8-21(20)24(27)31/h2-13H,14H2,1H3,(H,26,29). The summed E-state index contributed by atoms with van der Waals surface area (Å²) in [5.74, 6) is -2.39. The Bertz CT molecular complexity index is 1260. The second kappa shape index (κ2) is 8.88. The van der Waals surface area contributed by atoms with E-state index in [1.165, 1.54) is 31.2 Å². The van der Waals surface area contributed by atoms with Crippen LogP contribution in [0.1, 0.15) is 48.4 Å². The monoisotopic (exact) mass is 442 g/mol. The Labute approximate surface area is 188 Å². The Morgan fingerprint density at radius 1 is 0.818 bits per heavy atom. The Morgan fingerprint density at radius 2 is 1.45 bits per heavy atom. The van der Waals surface area contributed by atoms with Gasteiger partial charge in [-0.25, -0.2) is 9.69 Å². The number of hydrogen-bond donors (Lipinski definition) is 1. The number of Topliss-reactive ketones (excluding diaryl/α,β-unsaturated/α-hetero) is 1. The zero-order chi connectivity index (χ0) is 23.5. The minimum absolute atomic E-state index is 0.0858. The second-order valence-corrected chi connectivity index (χ2v) is 7.30. The Hall–Kier alpha value is -4.59. The number of imide groups is 1. The summed E-state index contributed by atoms with van der Waals surface area (Å²) in [5, 5.41) is 2.57. The van der Waals surface area contributed by atoms with Gasteiger partial charge in [0.1, 0.15) is 0 Å². The van der Waals surface area contributed by atoms with E-state index in [1.54, 1.807) is 48.5 Å². The van der Waals surface area contributed by atoms with E-state index in [2.05, 4.69) is 5.32 Å². The number of fused-ring (bicyclic) bond motifs is 1. The molecule has 0 spiro atoms. The van der Waals surface area contributed by atoms with E-state index in [4.69, 9.17) is 4.74 Å². The lowest BCUT2D eigenvalue weighted by Crippen LogP contribution is -2.29. The molecular formula is C25H18N2O6. The number of ketones is 1. The van der Waals surface area contributed by atoms with Crippen LogP contribution in [0, 0.1) is 0 Å². The number of anilines is 2. The van der Waals surface area contributed by atoms with Crippen molar-refractivity contribution in [2.24, 2.45) is 0 Å². The van der Waals surface area contributed by atoms with Crippen LogP contribution in [0.2, 0.25) is 0 Å². The summed E-state index contributed by atoms with van der Waals surface area (Å²) in [6.45, 7) is 0.904. The molecule has 0 bridgehead atoms. The molecule has 3 aromatic rings. The van der Waals surface area contributed by atoms with Crippen LogP contribution in [-0.2, 0) is 9.53 Å². The summed E-state index contributed by atoms with van der Waals surface area (Å²) in [6, 6.07) is 18.7. The first-order chi connectivity index (χ1) is 15.8. The number of amides is 3. The third kappa shape index (κ3) is 4.40. The van der Waals surface area contributed by atoms with E-state index < -0.39 is 30.3 Å². The molecule has 33 heavy (non-hydrogen) atoms. The zero-order valence-electron chi connectivity index (χ0n) is 17.5. The van der Waals surface area contributed by atoms with E-state index in [0.29, 0.717) is 22.4 Å². The topological polar surface area (TPSA) is 110 Å². The number of ether oxygens (including phenoxy) is 1. The molecule has 1 N–H and O–H groups in total. The number of rotatable bonds is 6. The fraction of sp³-hybridized carbons (Fsp3) is 0.0800. The maximum Gasteiger partial charge on any atom is 0.338 e. The van der Waals surface area contributed by atoms with Crippen molar-refractivity contribution in [3.8, 4) is 0 Å². The predicted molar refractivity (Wildman–Crippen MR) is 119 cm³/mol. The minimum atomic E-state index is -0.782. The summed E-state index contributed by atoms with van der Waals surface area (Å²) in [6.07, 6.45) is 0. The normalized spacial score (nSPS) is 12.3. The van der Waals surface area contributed by atoms with Gasteiger partial charge in [0.05, 0.1) is 22.4 Å². The van der Waals surface area contributed by atoms with Crippen molar-refractivity contribution in [3.63, 3.8) is 0 Å². The van der Waals surface area contributed by atoms with Gasteiger partial charge in [-0.3, -0.25) is 19.2 Å². The van der Waals surface area contributed by atoms with Gasteiger partial charge >= 0.3 is 5.97 Å². The second-order valence-electron chi connectivity index (χ2n) is 7.30. The third-order valence-electron chi connectivity index (χ3n) is 5.04. The summed E-state index contributed by atoms with van der Waals surface area (Å²) >= 11 is 0. The molecule has 0 unspecified atom stereocenters. The lowest BCUT2D eigenvalue weighted by molar-refractivity contribution is -0.119. The van der Waals surface area contributed by atoms with Crippen LogP contribution >= 0.6 is 0 Å². The molecule has 0 aromatic heterocycles. The average Bonchev–Trinajstić information content (AvgIpc) is 3.08. The van der Waals surface area contributed by atoms with Gasteiger partial charge in [0.15, 0.2) is 12.4 Å². The summed E-state index contributed by atoms with van der Waals surface area (Å²) in [4.78, 5) is 62.2. The third-order valence-corrected chi connectivity index (χ3v) is 5.04. The number of hydrogen-bond acceptors (Lipinski definition) is 6. The maximum absolute atomic E-state index is 12.7. The number of nitrogens with one attached hydrogen (secondary N) is 1. The molecule has 0 radical (unpaired) electrons. The van der Waals surface area contributed by atoms with Crippen molar-refractivity contribution in [3.05, 3.63) is 95.1 Å². The fourth-order valence-corrected chi connectivity index (χ4v) is 3.40. The number of carbonyl (C=O) groups excluding carboxylic acids is 5. The van der Waals surface area contributed by atoms with Crippen LogP contribution in [-0.4, -0.2) is 36.1 Å². The minimum Gasteiger partial charge on any atom is -0.452 e. The van der Waals surface area contributed by atoms with Crippen LogP contribution in [0.15, 0.2) is 72.8 Å². The van der Waals surface area contributed by atoms with Crippen molar-refractivity contribution in [1.29, 1.82) is 0 Å². The van der Waals surface area contributed by atoms with Gasteiger partial charge in [-0.15, -0.1) is 0 Å². The Balaban J connectivity index is 1.40. The fourth-order valence-electron chi connectivity index (χ4n) is 3.40. The average molecular weight is 442 g/mol. The molecule has 0 fully saturated rings. The van der Waals surface area contributed by atoms with Gasteiger partial charge in [-0.2, -0.15) is 0 Å². The number of carbonyl (C=O) groups is 5. The summed E-state index contributed by atoms with van der Waals surface area (Å²) in [7, 11) is 0. The molecule has 8 heteroatoms. The SMILES string of the molecule is CC(=O)c1ccc(NC(=O)COC(=O)c2cccc(N3C(=O)c4ccccc4C3=O)c2)cc1. The van der Waals surface area contributed by atoms with E-state index in [1.807, 2.05) is 0 Å². The molecule has 164 valence electrons. The molecule has 4 rings (SSSR count). The quantitative estimate of drug-likeness (QED) is 0.356. The van der Waals surface area contributed by atoms with Crippen LogP contribution in [0.5, 0.6) is 0 Å². The molecule has 0 atom stereocenters. The molecule has 0 saturated carbocycles. The maximum atomic E-state index is 12.7. The van der Waals surface area contributed by atoms with E-state index in [-0.39, 0.29) is 17.0 Å². The highest BCUT2D eigenvalue weighted by Gasteiger charge is 2.36. The Kier molecular flexibility index (Phi) is 5.82. The molecule has 3 amide bonds. The van der Waals surface area contributed by atoms with E-state index in [0.717, 1.165) is 4.90 Å². The van der Waals surface area contributed by atoms with Crippen LogP contribution in [0.4, 0.5) is 11.4 Å². The van der Waals surface area contributed by atoms with E-state index in [9.17, 15) is 24.0 Å². The highest BCUT2D eigenvalue weighted by molar-refractivity contribution is 6.34. The Morgan fingerprint density at radius 3 is 2.06 bits per heavy atom. The van der Waals surface area contributed by atoms with Gasteiger partial charge < -0.3 is 10.1 Å². The first-order valence-electron chi connectivity index (χ1n) is 10.0. The van der Waals surface area contributed by atoms with Crippen LogP contribution in [0.3, 0.4) is 0 Å². The number of esters is 1. The predicted octanol–water partition coefficient (Wildman–Crippen LogP) is 3.49. The molecule has 0 saturated heterocycles. The van der Waals surface area contributed by atoms with E-state index >= 15 is 0 Å². The molecule has 1 aliphatic rings. The lowest BCUT2D eigenvalue weighted by Gasteiger charge is -2.15. The lowest BCUT2D eigenvalue weighted by atomic mass is 10.1. The summed E-state index contributed by atoms with van der Waals surface area (Å²) < 4.78 is 5.06. The van der Waals surface area contributed by atoms with Gasteiger partial charge in [0.2, 0.25) is 0 Å². The first kappa shape index (κ1) is 21.6. The van der Waals surface area contributed by atoms with Gasteiger partial charge in [0, 0.05) is 11.3 Å². The molecule has 3 aromatic carbocycles. The van der Waals surface area contributed by atoms with Crippen molar-refractivity contribution in [2.75, 3.05) is 16.8 Å². The largest absolute Gasteiger partial charge is 0.452 e. The molecular weight excluding hydrogens is 424 g/mol. The number of benzene rings is 3. The smallest absolute Gasteiger partial charge is 0.338 e. The van der Waals surface area contributed by atoms with Gasteiger partial charge in [-0.1, -0.05) is 18.2 Å². The zero-order valence-corrected chi connectivity index (χ0v) is 17.5. The van der Waals surface area contributed by atoms with Gasteiger partial charge in [0.25, 0.3) is 17.7 Å². The van der Waals surface area contributed by atoms with Crippen LogP contribution < -0.4 is 10.2 Å². The van der Waals surface area contributed by atoms with Gasteiger partial charge in [-0.05, 0) is 61.5 Å². The summed E-state index contributed by atoms with van der Waals surface area (Å²) in [5.41, 5.74) is 1.87. The highest BCUT2D eigenvalue weighted by Crippen LogP contribution is 2.28. The first-order valence-corrected chi connectivity index (χ1v) is 10.0.